The molecule has 0 fully saturated rings. The zero-order chi connectivity index (χ0) is 13.0. The van der Waals surface area contributed by atoms with E-state index in [-0.39, 0.29) is 5.91 Å². The molecule has 3 N–H and O–H groups in total. The minimum atomic E-state index is -0.262. The van der Waals surface area contributed by atoms with E-state index in [4.69, 9.17) is 5.73 Å². The van der Waals surface area contributed by atoms with Gasteiger partial charge in [0.2, 0.25) is 0 Å². The molecule has 0 atom stereocenters. The van der Waals surface area contributed by atoms with Crippen molar-refractivity contribution in [2.24, 2.45) is 5.10 Å². The van der Waals surface area contributed by atoms with Crippen molar-refractivity contribution < 1.29 is 4.79 Å². The van der Waals surface area contributed by atoms with Gasteiger partial charge in [-0.25, -0.2) is 5.43 Å². The highest BCUT2D eigenvalue weighted by atomic mass is 79.9. The number of nitrogens with two attached hydrogens (primary N) is 1. The molecule has 1 amide bonds. The zero-order valence-electron chi connectivity index (χ0n) is 9.26. The number of hydrazone groups is 1. The molecular weight excluding hydrogens is 314 g/mol. The Morgan fingerprint density at radius 1 is 1.39 bits per heavy atom. The first-order valence-corrected chi connectivity index (χ1v) is 6.75. The number of anilines is 1. The number of nitrogen functional groups attached to an aromatic ring is 1. The van der Waals surface area contributed by atoms with Crippen LogP contribution in [-0.2, 0) is 0 Å². The van der Waals surface area contributed by atoms with Crippen LogP contribution in [0, 0.1) is 0 Å². The van der Waals surface area contributed by atoms with Crippen molar-refractivity contribution >= 4 is 45.1 Å². The number of nitrogens with one attached hydrogen (secondary N) is 1. The van der Waals surface area contributed by atoms with Crippen molar-refractivity contribution in [3.05, 3.63) is 50.6 Å². The van der Waals surface area contributed by atoms with Crippen molar-refractivity contribution in [2.75, 3.05) is 5.73 Å². The van der Waals surface area contributed by atoms with E-state index in [9.17, 15) is 4.79 Å². The summed E-state index contributed by atoms with van der Waals surface area (Å²) in [5.41, 5.74) is 9.14. The molecule has 0 unspecified atom stereocenters. The van der Waals surface area contributed by atoms with Gasteiger partial charge in [0, 0.05) is 26.0 Å². The number of benzene rings is 1. The number of hydrogen-bond donors (Lipinski definition) is 2. The van der Waals surface area contributed by atoms with Crippen LogP contribution in [0.15, 0.2) is 45.3 Å². The van der Waals surface area contributed by atoms with Gasteiger partial charge in [-0.3, -0.25) is 4.79 Å². The van der Waals surface area contributed by atoms with E-state index in [0.29, 0.717) is 11.3 Å². The predicted octanol–water partition coefficient (Wildman–Crippen LogP) is 2.86. The number of carbonyl (C=O) groups excluding carboxylic acids is 1. The topological polar surface area (TPSA) is 67.5 Å². The highest BCUT2D eigenvalue weighted by Crippen LogP contribution is 2.17. The van der Waals surface area contributed by atoms with Crippen LogP contribution in [0.3, 0.4) is 0 Å². The van der Waals surface area contributed by atoms with Gasteiger partial charge in [-0.2, -0.15) is 5.10 Å². The van der Waals surface area contributed by atoms with Crippen molar-refractivity contribution in [3.63, 3.8) is 0 Å². The van der Waals surface area contributed by atoms with Gasteiger partial charge in [-0.1, -0.05) is 0 Å². The molecule has 0 saturated heterocycles. The Morgan fingerprint density at radius 2 is 2.11 bits per heavy atom. The summed E-state index contributed by atoms with van der Waals surface area (Å²) in [6.45, 7) is 0. The third kappa shape index (κ3) is 3.41. The molecule has 4 nitrogen and oxygen atoms in total. The van der Waals surface area contributed by atoms with Crippen LogP contribution < -0.4 is 11.2 Å². The molecule has 1 aromatic heterocycles. The summed E-state index contributed by atoms with van der Waals surface area (Å²) in [4.78, 5) is 12.6. The number of halogens is 1. The third-order valence-corrected chi connectivity index (χ3v) is 3.75. The summed E-state index contributed by atoms with van der Waals surface area (Å²) < 4.78 is 0.999. The molecule has 2 rings (SSSR count). The first-order valence-electron chi connectivity index (χ1n) is 5.08. The van der Waals surface area contributed by atoms with Gasteiger partial charge >= 0.3 is 0 Å². The Labute approximate surface area is 117 Å². The van der Waals surface area contributed by atoms with E-state index < -0.39 is 0 Å². The van der Waals surface area contributed by atoms with Crippen LogP contribution in [0.2, 0.25) is 0 Å². The molecule has 0 radical (unpaired) electrons. The quantitative estimate of drug-likeness (QED) is 0.518. The lowest BCUT2D eigenvalue weighted by atomic mass is 10.2. The zero-order valence-corrected chi connectivity index (χ0v) is 11.7. The Morgan fingerprint density at radius 3 is 2.72 bits per heavy atom. The average molecular weight is 324 g/mol. The standard InChI is InChI=1S/C12H10BrN3OS/c13-9-5-11(18-7-9)6-15-16-12(17)8-1-3-10(14)4-2-8/h1-7H,14H2,(H,16,17)/b15-6+. The summed E-state index contributed by atoms with van der Waals surface area (Å²) in [7, 11) is 0. The summed E-state index contributed by atoms with van der Waals surface area (Å²) in [5, 5.41) is 5.84. The predicted molar refractivity (Wildman–Crippen MR) is 77.9 cm³/mol. The molecule has 2 aromatic rings. The fraction of sp³-hybridized carbons (Fsp3) is 0. The van der Waals surface area contributed by atoms with E-state index in [1.165, 1.54) is 11.3 Å². The largest absolute Gasteiger partial charge is 0.399 e. The van der Waals surface area contributed by atoms with Crippen LogP contribution in [0.25, 0.3) is 0 Å². The number of nitrogens with zero attached hydrogens (tertiary/aromatic N) is 1. The molecule has 0 spiro atoms. The third-order valence-electron chi connectivity index (χ3n) is 2.12. The second-order valence-electron chi connectivity index (χ2n) is 3.49. The number of hydrogen-bond acceptors (Lipinski definition) is 4. The molecule has 0 aliphatic rings. The molecule has 18 heavy (non-hydrogen) atoms. The SMILES string of the molecule is Nc1ccc(C(=O)N/N=C/c2cc(Br)cs2)cc1. The normalized spacial score (nSPS) is 10.7. The number of amides is 1. The van der Waals surface area contributed by atoms with Gasteiger partial charge in [0.15, 0.2) is 0 Å². The summed E-state index contributed by atoms with van der Waals surface area (Å²) in [6, 6.07) is 8.58. The molecule has 1 heterocycles. The lowest BCUT2D eigenvalue weighted by molar-refractivity contribution is 0.0955. The van der Waals surface area contributed by atoms with Crippen molar-refractivity contribution in [1.82, 2.24) is 5.43 Å². The van der Waals surface area contributed by atoms with Gasteiger partial charge in [0.25, 0.3) is 5.91 Å². The van der Waals surface area contributed by atoms with E-state index in [1.54, 1.807) is 30.5 Å². The highest BCUT2D eigenvalue weighted by Gasteiger charge is 2.02. The lowest BCUT2D eigenvalue weighted by Gasteiger charge is -1.99. The smallest absolute Gasteiger partial charge is 0.271 e. The van der Waals surface area contributed by atoms with Gasteiger partial charge in [-0.05, 0) is 46.3 Å². The molecule has 0 bridgehead atoms. The molecule has 6 heteroatoms. The summed E-state index contributed by atoms with van der Waals surface area (Å²) in [5.74, 6) is -0.262. The number of rotatable bonds is 3. The summed E-state index contributed by atoms with van der Waals surface area (Å²) >= 11 is 4.88. The van der Waals surface area contributed by atoms with Gasteiger partial charge in [0.1, 0.15) is 0 Å². The molecule has 1 aromatic carbocycles. The first kappa shape index (κ1) is 12.8. The van der Waals surface area contributed by atoms with E-state index in [1.807, 2.05) is 11.4 Å². The maximum atomic E-state index is 11.7. The Bertz CT molecular complexity index is 577. The Kier molecular flexibility index (Phi) is 4.11. The van der Waals surface area contributed by atoms with Crippen LogP contribution in [0.4, 0.5) is 5.69 Å². The molecular formula is C12H10BrN3OS. The van der Waals surface area contributed by atoms with Crippen LogP contribution in [0.5, 0.6) is 0 Å². The number of carbonyl (C=O) groups is 1. The van der Waals surface area contributed by atoms with Gasteiger partial charge in [-0.15, -0.1) is 11.3 Å². The average Bonchev–Trinajstić information content (AvgIpc) is 2.76. The van der Waals surface area contributed by atoms with Crippen LogP contribution in [0.1, 0.15) is 15.2 Å². The second-order valence-corrected chi connectivity index (χ2v) is 5.35. The second kappa shape index (κ2) is 5.79. The van der Waals surface area contributed by atoms with Crippen LogP contribution >= 0.6 is 27.3 Å². The van der Waals surface area contributed by atoms with Crippen LogP contribution in [-0.4, -0.2) is 12.1 Å². The highest BCUT2D eigenvalue weighted by molar-refractivity contribution is 9.10. The minimum absolute atomic E-state index is 0.262. The van der Waals surface area contributed by atoms with Gasteiger partial charge in [0.05, 0.1) is 6.21 Å². The molecule has 0 aliphatic heterocycles. The lowest BCUT2D eigenvalue weighted by Crippen LogP contribution is -2.17. The summed E-state index contributed by atoms with van der Waals surface area (Å²) in [6.07, 6.45) is 1.60. The monoisotopic (exact) mass is 323 g/mol. The first-order chi connectivity index (χ1) is 8.65. The van der Waals surface area contributed by atoms with E-state index in [0.717, 1.165) is 9.35 Å². The van der Waals surface area contributed by atoms with Crippen molar-refractivity contribution in [3.8, 4) is 0 Å². The van der Waals surface area contributed by atoms with Gasteiger partial charge < -0.3 is 5.73 Å². The maximum Gasteiger partial charge on any atom is 0.271 e. The minimum Gasteiger partial charge on any atom is -0.399 e. The van der Waals surface area contributed by atoms with E-state index in [2.05, 4.69) is 26.5 Å². The molecule has 0 saturated carbocycles. The molecule has 92 valence electrons. The fourth-order valence-corrected chi connectivity index (χ4v) is 2.55. The fourth-order valence-electron chi connectivity index (χ4n) is 1.25. The van der Waals surface area contributed by atoms with Crippen molar-refractivity contribution in [2.45, 2.75) is 0 Å². The maximum absolute atomic E-state index is 11.7. The van der Waals surface area contributed by atoms with E-state index >= 15 is 0 Å². The van der Waals surface area contributed by atoms with Crippen molar-refractivity contribution in [1.29, 1.82) is 0 Å². The Hall–Kier alpha value is -1.66. The molecule has 0 aliphatic carbocycles. The number of thiophene rings is 1. The Balaban J connectivity index is 1.96.